The van der Waals surface area contributed by atoms with Crippen LogP contribution in [0.4, 0.5) is 0 Å². The first-order valence-electron chi connectivity index (χ1n) is 9.25. The third-order valence-electron chi connectivity index (χ3n) is 5.96. The van der Waals surface area contributed by atoms with Gasteiger partial charge in [0.1, 0.15) is 5.75 Å². The molecule has 2 aromatic rings. The fraction of sp³-hybridized carbons (Fsp3) is 0.455. The zero-order valence-corrected chi connectivity index (χ0v) is 14.5. The van der Waals surface area contributed by atoms with Gasteiger partial charge in [-0.25, -0.2) is 0 Å². The molecule has 126 valence electrons. The lowest BCUT2D eigenvalue weighted by Gasteiger charge is -2.50. The molecule has 24 heavy (non-hydrogen) atoms. The molecule has 2 aliphatic heterocycles. The Bertz CT molecular complexity index is 651. The van der Waals surface area contributed by atoms with Crippen molar-refractivity contribution in [2.75, 3.05) is 20.2 Å². The summed E-state index contributed by atoms with van der Waals surface area (Å²) >= 11 is 0. The van der Waals surface area contributed by atoms with Crippen LogP contribution in [0.3, 0.4) is 0 Å². The van der Waals surface area contributed by atoms with Crippen molar-refractivity contribution in [2.24, 2.45) is 5.92 Å². The first kappa shape index (κ1) is 15.7. The van der Waals surface area contributed by atoms with E-state index >= 15 is 0 Å². The molecule has 0 radical (unpaired) electrons. The largest absolute Gasteiger partial charge is 0.497 e. The molecule has 3 unspecified atom stereocenters. The van der Waals surface area contributed by atoms with Crippen LogP contribution in [0.15, 0.2) is 54.6 Å². The van der Waals surface area contributed by atoms with Gasteiger partial charge in [0.05, 0.1) is 7.11 Å². The molecule has 1 aliphatic carbocycles. The van der Waals surface area contributed by atoms with Crippen LogP contribution in [0.5, 0.6) is 5.75 Å². The van der Waals surface area contributed by atoms with Crippen LogP contribution in [0.25, 0.3) is 0 Å². The van der Waals surface area contributed by atoms with Gasteiger partial charge in [-0.2, -0.15) is 0 Å². The maximum Gasteiger partial charge on any atom is 0.118 e. The maximum absolute atomic E-state index is 5.32. The van der Waals surface area contributed by atoms with Crippen molar-refractivity contribution in [3.63, 3.8) is 0 Å². The van der Waals surface area contributed by atoms with Gasteiger partial charge in [-0.3, -0.25) is 4.90 Å². The SMILES string of the molecule is COc1ccc(C2CC3CCC2N(CCc2ccccc2)C3)cc1. The summed E-state index contributed by atoms with van der Waals surface area (Å²) < 4.78 is 5.32. The molecular weight excluding hydrogens is 294 g/mol. The molecule has 2 heterocycles. The molecule has 3 aliphatic rings. The number of hydrogen-bond acceptors (Lipinski definition) is 2. The molecule has 3 fully saturated rings. The van der Waals surface area contributed by atoms with E-state index < -0.39 is 0 Å². The van der Waals surface area contributed by atoms with Crippen LogP contribution in [-0.4, -0.2) is 31.1 Å². The number of nitrogens with zero attached hydrogens (tertiary/aromatic N) is 1. The van der Waals surface area contributed by atoms with E-state index in [2.05, 4.69) is 59.5 Å². The summed E-state index contributed by atoms with van der Waals surface area (Å²) in [5.41, 5.74) is 2.95. The fourth-order valence-electron chi connectivity index (χ4n) is 4.70. The molecule has 3 atom stereocenters. The summed E-state index contributed by atoms with van der Waals surface area (Å²) in [5, 5.41) is 0. The Hall–Kier alpha value is -1.80. The standard InChI is InChI=1S/C22H27NO/c1-24-20-10-8-19(9-11-20)21-15-18-7-12-22(21)23(16-18)14-13-17-5-3-2-4-6-17/h2-6,8-11,18,21-22H,7,12-16H2,1H3. The van der Waals surface area contributed by atoms with Crippen molar-refractivity contribution < 1.29 is 4.74 Å². The van der Waals surface area contributed by atoms with Crippen molar-refractivity contribution in [1.82, 2.24) is 4.90 Å². The molecule has 2 bridgehead atoms. The molecule has 2 saturated heterocycles. The zero-order valence-electron chi connectivity index (χ0n) is 14.5. The highest BCUT2D eigenvalue weighted by atomic mass is 16.5. The molecule has 5 rings (SSSR count). The van der Waals surface area contributed by atoms with E-state index in [1.807, 2.05) is 0 Å². The summed E-state index contributed by atoms with van der Waals surface area (Å²) in [6.07, 6.45) is 5.30. The fourth-order valence-corrected chi connectivity index (χ4v) is 4.70. The molecule has 2 aromatic carbocycles. The third-order valence-corrected chi connectivity index (χ3v) is 5.96. The van der Waals surface area contributed by atoms with E-state index in [4.69, 9.17) is 4.74 Å². The number of hydrogen-bond donors (Lipinski definition) is 0. The van der Waals surface area contributed by atoms with Crippen LogP contribution in [0.1, 0.15) is 36.3 Å². The summed E-state index contributed by atoms with van der Waals surface area (Å²) in [6, 6.07) is 20.4. The van der Waals surface area contributed by atoms with E-state index in [1.165, 1.54) is 49.9 Å². The van der Waals surface area contributed by atoms with Crippen LogP contribution in [0, 0.1) is 5.92 Å². The van der Waals surface area contributed by atoms with Gasteiger partial charge in [0.25, 0.3) is 0 Å². The Labute approximate surface area is 145 Å². The highest BCUT2D eigenvalue weighted by Gasteiger charge is 2.40. The molecule has 1 saturated carbocycles. The van der Waals surface area contributed by atoms with Crippen LogP contribution in [-0.2, 0) is 6.42 Å². The molecule has 0 N–H and O–H groups in total. The minimum atomic E-state index is 0.694. The number of ether oxygens (including phenoxy) is 1. The van der Waals surface area contributed by atoms with E-state index in [9.17, 15) is 0 Å². The van der Waals surface area contributed by atoms with Crippen molar-refractivity contribution in [1.29, 1.82) is 0 Å². The minimum Gasteiger partial charge on any atom is -0.497 e. The van der Waals surface area contributed by atoms with Gasteiger partial charge in [-0.1, -0.05) is 42.5 Å². The second kappa shape index (κ2) is 6.98. The second-order valence-corrected chi connectivity index (χ2v) is 7.36. The predicted molar refractivity (Wildman–Crippen MR) is 98.6 cm³/mol. The Morgan fingerprint density at radius 2 is 1.79 bits per heavy atom. The number of methoxy groups -OCH3 is 1. The van der Waals surface area contributed by atoms with Crippen molar-refractivity contribution in [3.8, 4) is 5.75 Å². The monoisotopic (exact) mass is 321 g/mol. The average Bonchev–Trinajstić information content (AvgIpc) is 2.67. The summed E-state index contributed by atoms with van der Waals surface area (Å²) in [6.45, 7) is 2.49. The van der Waals surface area contributed by atoms with E-state index in [-0.39, 0.29) is 0 Å². The summed E-state index contributed by atoms with van der Waals surface area (Å²) in [4.78, 5) is 2.76. The Morgan fingerprint density at radius 1 is 1.00 bits per heavy atom. The van der Waals surface area contributed by atoms with E-state index in [0.29, 0.717) is 12.0 Å². The summed E-state index contributed by atoms with van der Waals surface area (Å²) in [7, 11) is 1.74. The smallest absolute Gasteiger partial charge is 0.118 e. The number of fused-ring (bicyclic) bond motifs is 3. The number of piperidine rings is 2. The van der Waals surface area contributed by atoms with Gasteiger partial charge >= 0.3 is 0 Å². The van der Waals surface area contributed by atoms with Crippen LogP contribution in [0.2, 0.25) is 0 Å². The number of benzene rings is 2. The molecule has 2 nitrogen and oxygen atoms in total. The van der Waals surface area contributed by atoms with Gasteiger partial charge in [-0.05, 0) is 60.8 Å². The van der Waals surface area contributed by atoms with Crippen LogP contribution < -0.4 is 4.74 Å². The molecule has 2 heteroatoms. The first-order valence-corrected chi connectivity index (χ1v) is 9.25. The molecule has 0 spiro atoms. The normalized spacial score (nSPS) is 26.5. The van der Waals surface area contributed by atoms with Crippen molar-refractivity contribution in [2.45, 2.75) is 37.6 Å². The zero-order chi connectivity index (χ0) is 16.4. The van der Waals surface area contributed by atoms with E-state index in [1.54, 1.807) is 7.11 Å². The van der Waals surface area contributed by atoms with E-state index in [0.717, 1.165) is 11.7 Å². The predicted octanol–water partition coefficient (Wildman–Crippen LogP) is 4.51. The Balaban J connectivity index is 1.46. The first-order chi connectivity index (χ1) is 11.8. The van der Waals surface area contributed by atoms with Gasteiger partial charge < -0.3 is 4.74 Å². The van der Waals surface area contributed by atoms with Gasteiger partial charge in [0.15, 0.2) is 0 Å². The highest BCUT2D eigenvalue weighted by molar-refractivity contribution is 5.31. The number of rotatable bonds is 5. The van der Waals surface area contributed by atoms with Gasteiger partial charge in [-0.15, -0.1) is 0 Å². The Kier molecular flexibility index (Phi) is 4.57. The average molecular weight is 321 g/mol. The highest BCUT2D eigenvalue weighted by Crippen LogP contribution is 2.44. The summed E-state index contributed by atoms with van der Waals surface area (Å²) in [5.74, 6) is 2.53. The van der Waals surface area contributed by atoms with Crippen LogP contribution >= 0.6 is 0 Å². The molecular formula is C22H27NO. The lowest BCUT2D eigenvalue weighted by Crippen LogP contribution is -2.52. The third kappa shape index (κ3) is 3.21. The van der Waals surface area contributed by atoms with Gasteiger partial charge in [0.2, 0.25) is 0 Å². The van der Waals surface area contributed by atoms with Crippen molar-refractivity contribution >= 4 is 0 Å². The maximum atomic E-state index is 5.32. The minimum absolute atomic E-state index is 0.694. The quantitative estimate of drug-likeness (QED) is 0.803. The lowest BCUT2D eigenvalue weighted by atomic mass is 9.70. The van der Waals surface area contributed by atoms with Crippen molar-refractivity contribution in [3.05, 3.63) is 65.7 Å². The molecule has 0 amide bonds. The lowest BCUT2D eigenvalue weighted by molar-refractivity contribution is 0.0309. The Morgan fingerprint density at radius 3 is 2.50 bits per heavy atom. The second-order valence-electron chi connectivity index (χ2n) is 7.36. The molecule has 0 aromatic heterocycles. The van der Waals surface area contributed by atoms with Gasteiger partial charge in [0, 0.05) is 19.1 Å². The topological polar surface area (TPSA) is 12.5 Å².